The number of nitrogens with zero attached hydrogens (tertiary/aromatic N) is 2. The van der Waals surface area contributed by atoms with Crippen LogP contribution in [0.2, 0.25) is 5.02 Å². The van der Waals surface area contributed by atoms with Gasteiger partial charge in [0, 0.05) is 13.5 Å². The minimum atomic E-state index is -0.954. The topological polar surface area (TPSA) is 34.9 Å². The molecule has 0 aliphatic heterocycles. The van der Waals surface area contributed by atoms with E-state index < -0.39 is 11.6 Å². The highest BCUT2D eigenvalue weighted by Gasteiger charge is 2.15. The van der Waals surface area contributed by atoms with Crippen LogP contribution < -0.4 is 0 Å². The molecule has 0 radical (unpaired) electrons. The number of carbonyl (C=O) groups is 1. The third kappa shape index (κ3) is 3.04. The number of benzene rings is 1. The van der Waals surface area contributed by atoms with Crippen LogP contribution >= 0.6 is 11.6 Å². The zero-order valence-corrected chi connectivity index (χ0v) is 11.8. The van der Waals surface area contributed by atoms with Crippen LogP contribution in [0, 0.1) is 18.6 Å². The summed E-state index contributed by atoms with van der Waals surface area (Å²) in [6, 6.07) is 3.44. The molecule has 0 aliphatic rings. The molecule has 2 rings (SSSR count). The highest BCUT2D eigenvalue weighted by atomic mass is 35.5. The first-order chi connectivity index (χ1) is 9.38. The fourth-order valence-corrected chi connectivity index (χ4v) is 2.23. The number of aromatic nitrogens is 2. The van der Waals surface area contributed by atoms with Crippen LogP contribution in [0.5, 0.6) is 0 Å². The Morgan fingerprint density at radius 2 is 2.00 bits per heavy atom. The maximum atomic E-state index is 13.1. The van der Waals surface area contributed by atoms with Gasteiger partial charge in [0.2, 0.25) is 0 Å². The van der Waals surface area contributed by atoms with E-state index in [1.54, 1.807) is 18.7 Å². The average molecular weight is 299 g/mol. The van der Waals surface area contributed by atoms with Crippen LogP contribution in [0.15, 0.2) is 18.2 Å². The number of carbonyl (C=O) groups excluding carboxylic acids is 1. The summed E-state index contributed by atoms with van der Waals surface area (Å²) in [6.45, 7) is 1.76. The van der Waals surface area contributed by atoms with Gasteiger partial charge in [0.25, 0.3) is 0 Å². The largest absolute Gasteiger partial charge is 0.299 e. The molecule has 0 saturated carbocycles. The monoisotopic (exact) mass is 298 g/mol. The fraction of sp³-hybridized carbons (Fsp3) is 0.286. The van der Waals surface area contributed by atoms with E-state index >= 15 is 0 Å². The maximum Gasteiger partial charge on any atom is 0.159 e. The molecule has 0 unspecified atom stereocenters. The van der Waals surface area contributed by atoms with E-state index in [0.717, 1.165) is 12.1 Å². The van der Waals surface area contributed by atoms with Crippen LogP contribution in [0.1, 0.15) is 17.0 Å². The molecular weight excluding hydrogens is 286 g/mol. The lowest BCUT2D eigenvalue weighted by Gasteiger charge is -2.04. The van der Waals surface area contributed by atoms with Crippen molar-refractivity contribution >= 4 is 17.4 Å². The lowest BCUT2D eigenvalue weighted by molar-refractivity contribution is -0.117. The van der Waals surface area contributed by atoms with E-state index in [0.29, 0.717) is 22.0 Å². The molecule has 106 valence electrons. The first kappa shape index (κ1) is 14.7. The Labute approximate surface area is 120 Å². The molecule has 0 bridgehead atoms. The Balaban J connectivity index is 2.11. The molecule has 1 heterocycles. The van der Waals surface area contributed by atoms with Crippen molar-refractivity contribution in [2.75, 3.05) is 0 Å². The van der Waals surface area contributed by atoms with Crippen LogP contribution in [0.25, 0.3) is 0 Å². The van der Waals surface area contributed by atoms with Crippen molar-refractivity contribution < 1.29 is 13.6 Å². The van der Waals surface area contributed by atoms with Crippen molar-refractivity contribution in [1.82, 2.24) is 9.78 Å². The summed E-state index contributed by atoms with van der Waals surface area (Å²) in [4.78, 5) is 12.0. The van der Waals surface area contributed by atoms with Crippen LogP contribution in [-0.2, 0) is 24.7 Å². The number of hydrogen-bond acceptors (Lipinski definition) is 2. The number of ketones is 1. The smallest absolute Gasteiger partial charge is 0.159 e. The Bertz CT molecular complexity index is 667. The Morgan fingerprint density at radius 3 is 2.55 bits per heavy atom. The van der Waals surface area contributed by atoms with Gasteiger partial charge in [-0.3, -0.25) is 9.48 Å². The summed E-state index contributed by atoms with van der Waals surface area (Å²) >= 11 is 6.06. The van der Waals surface area contributed by atoms with Crippen LogP contribution in [-0.4, -0.2) is 15.6 Å². The normalized spacial score (nSPS) is 10.8. The predicted molar refractivity (Wildman–Crippen MR) is 71.7 cm³/mol. The number of rotatable bonds is 4. The molecule has 2 aromatic rings. The van der Waals surface area contributed by atoms with Gasteiger partial charge in [0.05, 0.1) is 22.8 Å². The molecule has 20 heavy (non-hydrogen) atoms. The van der Waals surface area contributed by atoms with Gasteiger partial charge in [-0.25, -0.2) is 8.78 Å². The van der Waals surface area contributed by atoms with Gasteiger partial charge in [0.1, 0.15) is 5.78 Å². The summed E-state index contributed by atoms with van der Waals surface area (Å²) in [7, 11) is 1.71. The molecule has 0 N–H and O–H groups in total. The van der Waals surface area contributed by atoms with Crippen LogP contribution in [0.4, 0.5) is 8.78 Å². The third-order valence-corrected chi connectivity index (χ3v) is 3.50. The Kier molecular flexibility index (Phi) is 4.18. The molecule has 6 heteroatoms. The summed E-state index contributed by atoms with van der Waals surface area (Å²) in [6.07, 6.45) is 0.132. The zero-order valence-electron chi connectivity index (χ0n) is 11.1. The average Bonchev–Trinajstić information content (AvgIpc) is 2.61. The van der Waals surface area contributed by atoms with Gasteiger partial charge in [0.15, 0.2) is 11.6 Å². The molecule has 1 aromatic carbocycles. The van der Waals surface area contributed by atoms with Gasteiger partial charge in [-0.1, -0.05) is 17.7 Å². The molecule has 0 saturated heterocycles. The second-order valence-corrected chi connectivity index (χ2v) is 4.99. The standard InChI is InChI=1S/C14H13ClF2N2O/c1-8-14(15)13(19(2)18-8)7-10(20)5-9-3-4-11(16)12(17)6-9/h3-4,6H,5,7H2,1-2H3. The lowest BCUT2D eigenvalue weighted by atomic mass is 10.1. The van der Waals surface area contributed by atoms with Gasteiger partial charge >= 0.3 is 0 Å². The minimum absolute atomic E-state index is 0.0256. The molecule has 0 spiro atoms. The Morgan fingerprint density at radius 1 is 1.30 bits per heavy atom. The second-order valence-electron chi connectivity index (χ2n) is 4.61. The van der Waals surface area contributed by atoms with E-state index in [1.165, 1.54) is 6.07 Å². The fourth-order valence-electron chi connectivity index (χ4n) is 2.00. The van der Waals surface area contributed by atoms with Crippen molar-refractivity contribution in [3.8, 4) is 0 Å². The molecule has 1 aromatic heterocycles. The van der Waals surface area contributed by atoms with E-state index in [1.807, 2.05) is 0 Å². The molecule has 0 atom stereocenters. The van der Waals surface area contributed by atoms with E-state index in [-0.39, 0.29) is 18.6 Å². The first-order valence-electron chi connectivity index (χ1n) is 6.02. The molecule has 0 aliphatic carbocycles. The predicted octanol–water partition coefficient (Wildman–Crippen LogP) is 3.01. The van der Waals surface area contributed by atoms with E-state index in [9.17, 15) is 13.6 Å². The zero-order chi connectivity index (χ0) is 14.9. The SMILES string of the molecule is Cc1nn(C)c(CC(=O)Cc2ccc(F)c(F)c2)c1Cl. The number of halogens is 3. The highest BCUT2D eigenvalue weighted by molar-refractivity contribution is 6.32. The van der Waals surface area contributed by atoms with Crippen molar-refractivity contribution in [2.45, 2.75) is 19.8 Å². The summed E-state index contributed by atoms with van der Waals surface area (Å²) in [5.41, 5.74) is 1.71. The van der Waals surface area contributed by atoms with Crippen LogP contribution in [0.3, 0.4) is 0 Å². The number of hydrogen-bond donors (Lipinski definition) is 0. The molecular formula is C14H13ClF2N2O. The molecule has 0 fully saturated rings. The summed E-state index contributed by atoms with van der Waals surface area (Å²) in [5.74, 6) is -2.02. The van der Waals surface area contributed by atoms with Crippen molar-refractivity contribution in [2.24, 2.45) is 7.05 Å². The third-order valence-electron chi connectivity index (χ3n) is 3.01. The molecule has 0 amide bonds. The first-order valence-corrected chi connectivity index (χ1v) is 6.40. The maximum absolute atomic E-state index is 13.1. The number of aryl methyl sites for hydroxylation is 2. The highest BCUT2D eigenvalue weighted by Crippen LogP contribution is 2.20. The lowest BCUT2D eigenvalue weighted by Crippen LogP contribution is -2.10. The Hall–Kier alpha value is -1.75. The minimum Gasteiger partial charge on any atom is -0.299 e. The second kappa shape index (κ2) is 5.71. The van der Waals surface area contributed by atoms with Crippen molar-refractivity contribution in [3.05, 3.63) is 51.8 Å². The quantitative estimate of drug-likeness (QED) is 0.869. The van der Waals surface area contributed by atoms with E-state index in [4.69, 9.17) is 11.6 Å². The van der Waals surface area contributed by atoms with Crippen molar-refractivity contribution in [1.29, 1.82) is 0 Å². The van der Waals surface area contributed by atoms with Gasteiger partial charge in [-0.2, -0.15) is 5.10 Å². The molecule has 3 nitrogen and oxygen atoms in total. The summed E-state index contributed by atoms with van der Waals surface area (Å²) in [5, 5.41) is 4.58. The van der Waals surface area contributed by atoms with E-state index in [2.05, 4.69) is 5.10 Å². The van der Waals surface area contributed by atoms with Gasteiger partial charge in [-0.15, -0.1) is 0 Å². The summed E-state index contributed by atoms with van der Waals surface area (Å²) < 4.78 is 27.4. The van der Waals surface area contributed by atoms with Crippen molar-refractivity contribution in [3.63, 3.8) is 0 Å². The number of Topliss-reactive ketones (excluding diaryl/α,β-unsaturated/α-hetero) is 1. The van der Waals surface area contributed by atoms with Gasteiger partial charge < -0.3 is 0 Å². The van der Waals surface area contributed by atoms with Gasteiger partial charge in [-0.05, 0) is 24.6 Å².